The highest BCUT2D eigenvalue weighted by Crippen LogP contribution is 2.31. The molecule has 2 amide bonds. The first-order valence-electron chi connectivity index (χ1n) is 8.91. The van der Waals surface area contributed by atoms with Crippen LogP contribution >= 0.6 is 0 Å². The second-order valence-corrected chi connectivity index (χ2v) is 6.54. The topological polar surface area (TPSA) is 66.0 Å². The van der Waals surface area contributed by atoms with Gasteiger partial charge in [0.1, 0.15) is 0 Å². The van der Waals surface area contributed by atoms with Crippen molar-refractivity contribution in [3.8, 4) is 0 Å². The molecule has 4 rings (SSSR count). The maximum Gasteiger partial charge on any atom is 0.322 e. The van der Waals surface area contributed by atoms with Crippen molar-refractivity contribution in [2.24, 2.45) is 0 Å². The molecule has 2 N–H and O–H groups in total. The van der Waals surface area contributed by atoms with E-state index in [-0.39, 0.29) is 12.1 Å². The molecule has 0 bridgehead atoms. The van der Waals surface area contributed by atoms with Gasteiger partial charge in [0.15, 0.2) is 0 Å². The smallest absolute Gasteiger partial charge is 0.322 e. The normalized spacial score (nSPS) is 17.8. The van der Waals surface area contributed by atoms with Gasteiger partial charge in [-0.2, -0.15) is 5.10 Å². The molecule has 3 heterocycles. The van der Waals surface area contributed by atoms with Gasteiger partial charge in [0.05, 0.1) is 17.8 Å². The molecule has 1 fully saturated rings. The van der Waals surface area contributed by atoms with Gasteiger partial charge < -0.3 is 14.8 Å². The first-order valence-corrected chi connectivity index (χ1v) is 8.91. The zero-order valence-corrected chi connectivity index (χ0v) is 14.4. The molecule has 0 saturated carbocycles. The molecular weight excluding hydrogens is 314 g/mol. The molecule has 3 aromatic rings. The molecule has 0 spiro atoms. The molecule has 1 aliphatic heterocycles. The molecule has 1 aliphatic rings. The number of rotatable bonds is 3. The van der Waals surface area contributed by atoms with Crippen molar-refractivity contribution in [1.29, 1.82) is 0 Å². The van der Waals surface area contributed by atoms with Crippen LogP contribution in [0.4, 0.5) is 10.5 Å². The van der Waals surface area contributed by atoms with Crippen LogP contribution in [0.5, 0.6) is 0 Å². The zero-order chi connectivity index (χ0) is 17.2. The van der Waals surface area contributed by atoms with E-state index < -0.39 is 0 Å². The van der Waals surface area contributed by atoms with Crippen molar-refractivity contribution in [3.63, 3.8) is 0 Å². The van der Waals surface area contributed by atoms with Crippen LogP contribution in [-0.2, 0) is 6.54 Å². The Hall–Kier alpha value is -2.76. The van der Waals surface area contributed by atoms with Crippen molar-refractivity contribution in [3.05, 3.63) is 48.4 Å². The summed E-state index contributed by atoms with van der Waals surface area (Å²) in [7, 11) is 0. The Morgan fingerprint density at radius 1 is 1.36 bits per heavy atom. The second-order valence-electron chi connectivity index (χ2n) is 6.54. The highest BCUT2D eigenvalue weighted by molar-refractivity contribution is 5.93. The fourth-order valence-corrected chi connectivity index (χ4v) is 3.70. The van der Waals surface area contributed by atoms with Gasteiger partial charge in [-0.05, 0) is 49.8 Å². The molecule has 6 heteroatoms. The largest absolute Gasteiger partial charge is 0.348 e. The fourth-order valence-electron chi connectivity index (χ4n) is 3.70. The summed E-state index contributed by atoms with van der Waals surface area (Å²) in [5, 5.41) is 11.2. The monoisotopic (exact) mass is 337 g/mol. The van der Waals surface area contributed by atoms with E-state index in [0.29, 0.717) is 0 Å². The summed E-state index contributed by atoms with van der Waals surface area (Å²) in [6, 6.07) is 8.23. The maximum atomic E-state index is 12.9. The highest BCUT2D eigenvalue weighted by Gasteiger charge is 2.28. The van der Waals surface area contributed by atoms with E-state index >= 15 is 0 Å². The maximum absolute atomic E-state index is 12.9. The minimum atomic E-state index is -0.0418. The number of hydrogen-bond acceptors (Lipinski definition) is 2. The number of urea groups is 1. The number of piperidine rings is 1. The Labute approximate surface area is 146 Å². The molecule has 25 heavy (non-hydrogen) atoms. The second kappa shape index (κ2) is 6.63. The lowest BCUT2D eigenvalue weighted by molar-refractivity contribution is 0.163. The number of aromatic nitrogens is 3. The lowest BCUT2D eigenvalue weighted by Gasteiger charge is -2.35. The summed E-state index contributed by atoms with van der Waals surface area (Å²) in [4.78, 5) is 14.8. The van der Waals surface area contributed by atoms with Crippen molar-refractivity contribution in [2.75, 3.05) is 11.9 Å². The van der Waals surface area contributed by atoms with Gasteiger partial charge in [0.2, 0.25) is 0 Å². The summed E-state index contributed by atoms with van der Waals surface area (Å²) < 4.78 is 2.18. The number of hydrogen-bond donors (Lipinski definition) is 2. The molecule has 0 radical (unpaired) electrons. The van der Waals surface area contributed by atoms with E-state index in [1.54, 1.807) is 0 Å². The van der Waals surface area contributed by atoms with E-state index in [4.69, 9.17) is 0 Å². The zero-order valence-electron chi connectivity index (χ0n) is 14.4. The lowest BCUT2D eigenvalue weighted by atomic mass is 9.98. The Kier molecular flexibility index (Phi) is 4.17. The van der Waals surface area contributed by atoms with E-state index in [9.17, 15) is 4.79 Å². The van der Waals surface area contributed by atoms with Crippen LogP contribution in [0.25, 0.3) is 10.9 Å². The molecule has 1 saturated heterocycles. The van der Waals surface area contributed by atoms with E-state index in [1.807, 2.05) is 29.4 Å². The highest BCUT2D eigenvalue weighted by atomic mass is 16.2. The molecule has 6 nitrogen and oxygen atoms in total. The minimum absolute atomic E-state index is 0.0418. The van der Waals surface area contributed by atoms with Crippen LogP contribution in [0.3, 0.4) is 0 Å². The van der Waals surface area contributed by atoms with Crippen molar-refractivity contribution >= 4 is 22.6 Å². The molecule has 0 aliphatic carbocycles. The third-order valence-corrected chi connectivity index (χ3v) is 5.03. The predicted molar refractivity (Wildman–Crippen MR) is 98.5 cm³/mol. The van der Waals surface area contributed by atoms with E-state index in [0.717, 1.165) is 49.1 Å². The SMILES string of the molecule is CCn1ccc2ccc(NC(=O)N3CCCC[C@@H]3c3cn[nH]c3)cc21. The summed E-state index contributed by atoms with van der Waals surface area (Å²) in [6.45, 7) is 3.80. The van der Waals surface area contributed by atoms with Crippen LogP contribution in [0, 0.1) is 0 Å². The van der Waals surface area contributed by atoms with Crippen LogP contribution in [0.2, 0.25) is 0 Å². The number of fused-ring (bicyclic) bond motifs is 1. The lowest BCUT2D eigenvalue weighted by Crippen LogP contribution is -2.41. The number of carbonyl (C=O) groups is 1. The summed E-state index contributed by atoms with van der Waals surface area (Å²) in [5.74, 6) is 0. The molecule has 2 aromatic heterocycles. The van der Waals surface area contributed by atoms with E-state index in [2.05, 4.69) is 45.3 Å². The quantitative estimate of drug-likeness (QED) is 0.754. The van der Waals surface area contributed by atoms with Crippen LogP contribution in [-0.4, -0.2) is 32.2 Å². The molecule has 0 unspecified atom stereocenters. The number of benzene rings is 1. The van der Waals surface area contributed by atoms with Crippen molar-refractivity contribution in [2.45, 2.75) is 38.8 Å². The molecular formula is C19H23N5O. The Balaban J connectivity index is 1.56. The average molecular weight is 337 g/mol. The molecule has 1 atom stereocenters. The third kappa shape index (κ3) is 2.99. The van der Waals surface area contributed by atoms with Gasteiger partial charge in [-0.3, -0.25) is 5.10 Å². The summed E-state index contributed by atoms with van der Waals surface area (Å²) >= 11 is 0. The van der Waals surface area contributed by atoms with Gasteiger partial charge >= 0.3 is 6.03 Å². The van der Waals surface area contributed by atoms with Crippen molar-refractivity contribution < 1.29 is 4.79 Å². The number of likely N-dealkylation sites (tertiary alicyclic amines) is 1. The van der Waals surface area contributed by atoms with Gasteiger partial charge in [0.25, 0.3) is 0 Å². The fraction of sp³-hybridized carbons (Fsp3) is 0.368. The van der Waals surface area contributed by atoms with Gasteiger partial charge in [-0.25, -0.2) is 4.79 Å². The van der Waals surface area contributed by atoms with Gasteiger partial charge in [0, 0.05) is 36.7 Å². The Morgan fingerprint density at radius 3 is 3.08 bits per heavy atom. The number of amides is 2. The average Bonchev–Trinajstić information content (AvgIpc) is 3.31. The Morgan fingerprint density at radius 2 is 2.28 bits per heavy atom. The summed E-state index contributed by atoms with van der Waals surface area (Å²) in [5.41, 5.74) is 3.05. The van der Waals surface area contributed by atoms with Gasteiger partial charge in [-0.1, -0.05) is 6.07 Å². The number of nitrogens with one attached hydrogen (secondary N) is 2. The van der Waals surface area contributed by atoms with E-state index in [1.165, 1.54) is 5.39 Å². The standard InChI is InChI=1S/C19H23N5O/c1-2-23-10-8-14-6-7-16(11-18(14)23)22-19(25)24-9-4-3-5-17(24)15-12-20-21-13-15/h6-8,10-13,17H,2-5,9H2,1H3,(H,20,21)(H,22,25)/t17-/m1/s1. The van der Waals surface area contributed by atoms with Gasteiger partial charge in [-0.15, -0.1) is 0 Å². The first kappa shape index (κ1) is 15.7. The minimum Gasteiger partial charge on any atom is -0.348 e. The number of carbonyl (C=O) groups excluding carboxylic acids is 1. The van der Waals surface area contributed by atoms with Crippen LogP contribution < -0.4 is 5.32 Å². The molecule has 130 valence electrons. The summed E-state index contributed by atoms with van der Waals surface area (Å²) in [6.07, 6.45) is 8.93. The van der Waals surface area contributed by atoms with Crippen molar-refractivity contribution in [1.82, 2.24) is 19.7 Å². The number of H-pyrrole nitrogens is 1. The molecule has 1 aromatic carbocycles. The first-order chi connectivity index (χ1) is 12.3. The predicted octanol–water partition coefficient (Wildman–Crippen LogP) is 4.14. The van der Waals surface area contributed by atoms with Crippen LogP contribution in [0.15, 0.2) is 42.9 Å². The third-order valence-electron chi connectivity index (χ3n) is 5.03. The number of aryl methyl sites for hydroxylation is 1. The van der Waals surface area contributed by atoms with Crippen LogP contribution in [0.1, 0.15) is 37.8 Å². The number of nitrogens with zero attached hydrogens (tertiary/aromatic N) is 3. The Bertz CT molecular complexity index is 867. The number of anilines is 1. The number of aromatic amines is 1.